The van der Waals surface area contributed by atoms with Gasteiger partial charge in [-0.05, 0) is 0 Å². The Morgan fingerprint density at radius 1 is 1.30 bits per heavy atom. The molecule has 0 bridgehead atoms. The molecule has 0 aliphatic carbocycles. The molecule has 9 nitrogen and oxygen atoms in total. The largest absolute Gasteiger partial charge is 0.481 e. The number of aromatic amines is 1. The summed E-state index contributed by atoms with van der Waals surface area (Å²) < 4.78 is 0. The van der Waals surface area contributed by atoms with E-state index in [4.69, 9.17) is 10.2 Å². The molecular weight excluding hydrogens is 270 g/mol. The molecule has 0 radical (unpaired) electrons. The minimum atomic E-state index is -1.35. The van der Waals surface area contributed by atoms with Crippen LogP contribution in [0.25, 0.3) is 0 Å². The Bertz CT molecular complexity index is 473. The highest BCUT2D eigenvalue weighted by Gasteiger charge is 2.23. The van der Waals surface area contributed by atoms with Gasteiger partial charge in [-0.1, -0.05) is 0 Å². The first-order valence-electron chi connectivity index (χ1n) is 5.77. The molecule has 20 heavy (non-hydrogen) atoms. The number of carboxylic acids is 2. The summed E-state index contributed by atoms with van der Waals surface area (Å²) in [5.41, 5.74) is 0.531. The van der Waals surface area contributed by atoms with Crippen LogP contribution in [0.4, 0.5) is 0 Å². The third-order valence-corrected chi connectivity index (χ3v) is 2.44. The van der Waals surface area contributed by atoms with Crippen molar-refractivity contribution in [3.8, 4) is 0 Å². The van der Waals surface area contributed by atoms with E-state index in [1.807, 2.05) is 0 Å². The molecule has 0 aliphatic rings. The van der Waals surface area contributed by atoms with Gasteiger partial charge in [-0.15, -0.1) is 0 Å². The van der Waals surface area contributed by atoms with E-state index >= 15 is 0 Å². The first kappa shape index (κ1) is 15.6. The molecule has 0 saturated heterocycles. The zero-order valence-corrected chi connectivity index (χ0v) is 10.4. The summed E-state index contributed by atoms with van der Waals surface area (Å²) in [6, 6.07) is -1.18. The monoisotopic (exact) mass is 285 g/mol. The van der Waals surface area contributed by atoms with E-state index in [1.54, 1.807) is 0 Å². The Kier molecular flexibility index (Phi) is 5.66. The number of H-pyrrole nitrogens is 1. The molecule has 0 saturated carbocycles. The van der Waals surface area contributed by atoms with Crippen LogP contribution in [0.1, 0.15) is 18.5 Å². The number of rotatable bonds is 8. The molecule has 5 N–H and O–H groups in total. The summed E-state index contributed by atoms with van der Waals surface area (Å²) in [6.45, 7) is 0. The van der Waals surface area contributed by atoms with Crippen LogP contribution >= 0.6 is 0 Å². The van der Waals surface area contributed by atoms with Crippen LogP contribution in [0.5, 0.6) is 0 Å². The number of carboxylic acid groups (broad SMARTS) is 2. The van der Waals surface area contributed by atoms with Crippen LogP contribution < -0.4 is 5.32 Å². The molecule has 1 aromatic rings. The molecule has 0 aromatic carbocycles. The van der Waals surface area contributed by atoms with Gasteiger partial charge in [-0.2, -0.15) is 0 Å². The zero-order valence-electron chi connectivity index (χ0n) is 10.4. The first-order valence-corrected chi connectivity index (χ1v) is 5.77. The summed E-state index contributed by atoms with van der Waals surface area (Å²) in [5.74, 6) is -3.20. The summed E-state index contributed by atoms with van der Waals surface area (Å²) in [4.78, 5) is 39.3. The van der Waals surface area contributed by atoms with E-state index in [0.29, 0.717) is 5.69 Å². The van der Waals surface area contributed by atoms with Gasteiger partial charge in [0.15, 0.2) is 0 Å². The van der Waals surface area contributed by atoms with Gasteiger partial charge < -0.3 is 25.6 Å². The van der Waals surface area contributed by atoms with Gasteiger partial charge in [0.05, 0.1) is 25.3 Å². The Balaban J connectivity index is 2.51. The van der Waals surface area contributed by atoms with Crippen molar-refractivity contribution in [2.24, 2.45) is 0 Å². The Labute approximate surface area is 113 Å². The molecule has 1 aromatic heterocycles. The summed E-state index contributed by atoms with van der Waals surface area (Å²) in [7, 11) is 0. The highest BCUT2D eigenvalue weighted by Crippen LogP contribution is 2.02. The highest BCUT2D eigenvalue weighted by molar-refractivity contribution is 5.84. The number of nitrogens with one attached hydrogen (secondary N) is 2. The number of aliphatic hydroxyl groups excluding tert-OH is 1. The van der Waals surface area contributed by atoms with Gasteiger partial charge >= 0.3 is 11.9 Å². The van der Waals surface area contributed by atoms with Crippen LogP contribution in [0.15, 0.2) is 12.5 Å². The molecule has 2 unspecified atom stereocenters. The summed E-state index contributed by atoms with van der Waals surface area (Å²) >= 11 is 0. The number of carbonyl (C=O) groups excluding carboxylic acids is 1. The normalized spacial score (nSPS) is 13.4. The molecule has 1 heterocycles. The van der Waals surface area contributed by atoms with Gasteiger partial charge in [0, 0.05) is 18.3 Å². The molecule has 0 aliphatic heterocycles. The van der Waals surface area contributed by atoms with Crippen LogP contribution in [0.2, 0.25) is 0 Å². The molecule has 9 heteroatoms. The molecule has 2 atom stereocenters. The average molecular weight is 285 g/mol. The maximum atomic E-state index is 11.5. The predicted octanol–water partition coefficient (Wildman–Crippen LogP) is -1.25. The van der Waals surface area contributed by atoms with Crippen LogP contribution in [-0.4, -0.2) is 55.3 Å². The number of nitrogens with zero attached hydrogens (tertiary/aromatic N) is 1. The first-order chi connectivity index (χ1) is 9.38. The average Bonchev–Trinajstić information content (AvgIpc) is 2.79. The maximum absolute atomic E-state index is 11.5. The smallest absolute Gasteiger partial charge is 0.326 e. The number of amides is 1. The fourth-order valence-electron chi connectivity index (χ4n) is 1.56. The van der Waals surface area contributed by atoms with E-state index in [9.17, 15) is 19.5 Å². The standard InChI is InChI=1S/C11H15N3O6/c15-7(3-10(17)18)2-9(16)14-8(11(19)20)1-6-4-12-5-13-6/h4-5,7-8,15H,1-3H2,(H,12,13)(H,14,16)(H,17,18)(H,19,20). The van der Waals surface area contributed by atoms with Crippen molar-refractivity contribution in [2.75, 3.05) is 0 Å². The van der Waals surface area contributed by atoms with Crippen LogP contribution in [0, 0.1) is 0 Å². The minimum absolute atomic E-state index is 0.0100. The SMILES string of the molecule is O=C(O)CC(O)CC(=O)NC(Cc1cnc[nH]1)C(=O)O. The Morgan fingerprint density at radius 3 is 2.50 bits per heavy atom. The number of hydrogen-bond donors (Lipinski definition) is 5. The van der Waals surface area contributed by atoms with Gasteiger partial charge in [0.2, 0.25) is 5.91 Å². The maximum Gasteiger partial charge on any atom is 0.326 e. The number of carbonyl (C=O) groups is 3. The second-order valence-electron chi connectivity index (χ2n) is 4.20. The van der Waals surface area contributed by atoms with Crippen LogP contribution in [0.3, 0.4) is 0 Å². The fourth-order valence-corrected chi connectivity index (χ4v) is 1.56. The second-order valence-corrected chi connectivity index (χ2v) is 4.20. The lowest BCUT2D eigenvalue weighted by atomic mass is 10.1. The number of aromatic nitrogens is 2. The summed E-state index contributed by atoms with van der Waals surface area (Å²) in [5, 5.41) is 28.9. The van der Waals surface area contributed by atoms with Crippen molar-refractivity contribution in [2.45, 2.75) is 31.4 Å². The van der Waals surface area contributed by atoms with E-state index < -0.39 is 42.8 Å². The van der Waals surface area contributed by atoms with Gasteiger partial charge in [-0.3, -0.25) is 9.59 Å². The van der Waals surface area contributed by atoms with E-state index in [1.165, 1.54) is 12.5 Å². The molecule has 0 fully saturated rings. The number of imidazole rings is 1. The molecular formula is C11H15N3O6. The van der Waals surface area contributed by atoms with Gasteiger partial charge in [0.25, 0.3) is 0 Å². The Hall–Kier alpha value is -2.42. The van der Waals surface area contributed by atoms with Crippen molar-refractivity contribution >= 4 is 17.8 Å². The van der Waals surface area contributed by atoms with Crippen molar-refractivity contribution < 1.29 is 29.7 Å². The third kappa shape index (κ3) is 5.48. The van der Waals surface area contributed by atoms with Crippen LogP contribution in [-0.2, 0) is 20.8 Å². The summed E-state index contributed by atoms with van der Waals surface area (Å²) in [6.07, 6.45) is 0.420. The number of aliphatic hydroxyl groups is 1. The van der Waals surface area contributed by atoms with Crippen molar-refractivity contribution in [3.63, 3.8) is 0 Å². The highest BCUT2D eigenvalue weighted by atomic mass is 16.4. The Morgan fingerprint density at radius 2 is 2.00 bits per heavy atom. The van der Waals surface area contributed by atoms with Crippen molar-refractivity contribution in [3.05, 3.63) is 18.2 Å². The second kappa shape index (κ2) is 7.24. The lowest BCUT2D eigenvalue weighted by molar-refractivity contribution is -0.143. The van der Waals surface area contributed by atoms with E-state index in [0.717, 1.165) is 0 Å². The third-order valence-electron chi connectivity index (χ3n) is 2.44. The van der Waals surface area contributed by atoms with Crippen molar-refractivity contribution in [1.29, 1.82) is 0 Å². The number of hydrogen-bond acceptors (Lipinski definition) is 5. The van der Waals surface area contributed by atoms with Crippen molar-refractivity contribution in [1.82, 2.24) is 15.3 Å². The predicted molar refractivity (Wildman–Crippen MR) is 64.7 cm³/mol. The lowest BCUT2D eigenvalue weighted by Crippen LogP contribution is -2.43. The fraction of sp³-hybridized carbons (Fsp3) is 0.455. The quantitative estimate of drug-likeness (QED) is 0.400. The topological polar surface area (TPSA) is 153 Å². The molecule has 1 rings (SSSR count). The van der Waals surface area contributed by atoms with E-state index in [2.05, 4.69) is 15.3 Å². The van der Waals surface area contributed by atoms with E-state index in [-0.39, 0.29) is 6.42 Å². The van der Waals surface area contributed by atoms with Gasteiger partial charge in [-0.25, -0.2) is 9.78 Å². The molecule has 110 valence electrons. The minimum Gasteiger partial charge on any atom is -0.481 e. The molecule has 0 spiro atoms. The molecule has 1 amide bonds. The number of aliphatic carboxylic acids is 2. The van der Waals surface area contributed by atoms with Gasteiger partial charge in [0.1, 0.15) is 6.04 Å². The lowest BCUT2D eigenvalue weighted by Gasteiger charge is -2.15. The zero-order chi connectivity index (χ0) is 15.1.